The van der Waals surface area contributed by atoms with E-state index < -0.39 is 18.1 Å². The molecule has 1 N–H and O–H groups in total. The zero-order chi connectivity index (χ0) is 23.9. The maximum atomic E-state index is 14.9. The van der Waals surface area contributed by atoms with Gasteiger partial charge in [0.25, 0.3) is 5.72 Å². The Bertz CT molecular complexity index is 1300. The van der Waals surface area contributed by atoms with Gasteiger partial charge in [-0.3, -0.25) is 0 Å². The quantitative estimate of drug-likeness (QED) is 0.623. The van der Waals surface area contributed by atoms with Crippen molar-refractivity contribution >= 4 is 11.9 Å². The highest BCUT2D eigenvalue weighted by molar-refractivity contribution is 6.01. The number of aliphatic hydroxyl groups is 1. The van der Waals surface area contributed by atoms with Gasteiger partial charge in [-0.25, -0.2) is 9.37 Å². The Morgan fingerprint density at radius 2 is 2.09 bits per heavy atom. The van der Waals surface area contributed by atoms with Crippen LogP contribution in [0.25, 0.3) is 11.8 Å². The Morgan fingerprint density at radius 1 is 1.24 bits per heavy atom. The molecule has 8 nitrogen and oxygen atoms in total. The molecule has 1 unspecified atom stereocenters. The molecule has 9 heteroatoms. The number of benzene rings is 2. The minimum atomic E-state index is -1.45. The molecule has 3 aromatic rings. The molecule has 2 aliphatic rings. The molecule has 2 aliphatic heterocycles. The minimum absolute atomic E-state index is 0.224. The monoisotopic (exact) mass is 464 g/mol. The average Bonchev–Trinajstić information content (AvgIpc) is 3.44. The van der Waals surface area contributed by atoms with Crippen molar-refractivity contribution in [2.75, 3.05) is 26.9 Å². The van der Waals surface area contributed by atoms with Crippen LogP contribution in [0.3, 0.4) is 0 Å². The van der Waals surface area contributed by atoms with Gasteiger partial charge in [0, 0.05) is 6.20 Å². The van der Waals surface area contributed by atoms with Gasteiger partial charge < -0.3 is 28.9 Å². The highest BCUT2D eigenvalue weighted by atomic mass is 19.1. The molecule has 1 atom stereocenters. The van der Waals surface area contributed by atoms with E-state index in [-0.39, 0.29) is 5.56 Å². The maximum Gasteiger partial charge on any atom is 0.263 e. The summed E-state index contributed by atoms with van der Waals surface area (Å²) < 4.78 is 28.2. The summed E-state index contributed by atoms with van der Waals surface area (Å²) in [6, 6.07) is 10.6. The molecule has 0 saturated carbocycles. The summed E-state index contributed by atoms with van der Waals surface area (Å²) in [7, 11) is 1.61. The number of aryl methyl sites for hydroxylation is 2. The number of hydrogen-bond acceptors (Lipinski definition) is 7. The summed E-state index contributed by atoms with van der Waals surface area (Å²) >= 11 is 0. The van der Waals surface area contributed by atoms with E-state index in [0.717, 1.165) is 22.5 Å². The molecule has 0 radical (unpaired) electrons. The zero-order valence-electron chi connectivity index (χ0n) is 19.2. The highest BCUT2D eigenvalue weighted by Crippen LogP contribution is 2.40. The second-order valence-electron chi connectivity index (χ2n) is 8.29. The number of nitrogens with zero attached hydrogens (tertiary/aromatic N) is 4. The molecular formula is C25H25FN4O4. The number of hydrogen-bond donors (Lipinski definition) is 1. The fourth-order valence-corrected chi connectivity index (χ4v) is 4.30. The van der Waals surface area contributed by atoms with Crippen molar-refractivity contribution in [2.24, 2.45) is 5.16 Å². The normalized spacial score (nSPS) is 20.6. The molecule has 0 bridgehead atoms. The molecule has 2 aromatic carbocycles. The molecule has 0 aliphatic carbocycles. The van der Waals surface area contributed by atoms with Crippen LogP contribution in [0.5, 0.6) is 5.75 Å². The van der Waals surface area contributed by atoms with Crippen LogP contribution in [0.1, 0.15) is 22.4 Å². The van der Waals surface area contributed by atoms with Crippen molar-refractivity contribution in [2.45, 2.75) is 19.6 Å². The Morgan fingerprint density at radius 3 is 2.79 bits per heavy atom. The first-order chi connectivity index (χ1) is 16.4. The van der Waals surface area contributed by atoms with Crippen molar-refractivity contribution in [3.05, 3.63) is 82.9 Å². The van der Waals surface area contributed by atoms with Crippen LogP contribution in [0.4, 0.5) is 4.39 Å². The van der Waals surface area contributed by atoms with Gasteiger partial charge in [0.05, 0.1) is 36.9 Å². The number of amidine groups is 1. The average molecular weight is 464 g/mol. The smallest absolute Gasteiger partial charge is 0.263 e. The lowest BCUT2D eigenvalue weighted by Crippen LogP contribution is -2.53. The predicted octanol–water partition coefficient (Wildman–Crippen LogP) is 3.50. The molecular weight excluding hydrogens is 439 g/mol. The summed E-state index contributed by atoms with van der Waals surface area (Å²) in [5, 5.41) is 14.5. The lowest BCUT2D eigenvalue weighted by atomic mass is 9.98. The van der Waals surface area contributed by atoms with Gasteiger partial charge in [0.15, 0.2) is 5.76 Å². The second-order valence-corrected chi connectivity index (χ2v) is 8.29. The summed E-state index contributed by atoms with van der Waals surface area (Å²) in [4.78, 5) is 11.7. The third kappa shape index (κ3) is 3.58. The number of halogens is 1. The van der Waals surface area contributed by atoms with Crippen LogP contribution in [0.15, 0.2) is 59.8 Å². The van der Waals surface area contributed by atoms with Gasteiger partial charge in [-0.1, -0.05) is 17.3 Å². The van der Waals surface area contributed by atoms with Gasteiger partial charge in [0.1, 0.15) is 24.8 Å². The minimum Gasteiger partial charge on any atom is -0.495 e. The van der Waals surface area contributed by atoms with Crippen LogP contribution < -0.4 is 4.74 Å². The fourth-order valence-electron chi connectivity index (χ4n) is 4.30. The molecule has 1 fully saturated rings. The Hall–Kier alpha value is -3.85. The number of morpholine rings is 1. The van der Waals surface area contributed by atoms with Crippen molar-refractivity contribution < 1.29 is 23.8 Å². The fraction of sp³-hybridized carbons (Fsp3) is 0.280. The number of imidazole rings is 1. The number of fused-ring (bicyclic) bond motifs is 1. The number of aliphatic hydroxyl groups excluding tert-OH is 1. The van der Waals surface area contributed by atoms with Gasteiger partial charge in [0.2, 0.25) is 5.84 Å². The summed E-state index contributed by atoms with van der Waals surface area (Å²) in [6.07, 6.45) is 5.47. The number of rotatable bonds is 5. The van der Waals surface area contributed by atoms with Gasteiger partial charge in [-0.15, -0.1) is 0 Å². The van der Waals surface area contributed by atoms with Gasteiger partial charge in [-0.05, 0) is 55.3 Å². The van der Waals surface area contributed by atoms with Gasteiger partial charge in [-0.2, -0.15) is 0 Å². The van der Waals surface area contributed by atoms with E-state index in [1.807, 2.05) is 42.0 Å². The SMILES string of the molecule is COc1cc(/C=C2\OCCN3C2=NOC3(CO)c2ccc(C)cc2F)ccc1-n1cnc(C)c1. The van der Waals surface area contributed by atoms with Crippen molar-refractivity contribution in [1.29, 1.82) is 0 Å². The number of ether oxygens (including phenoxy) is 2. The summed E-state index contributed by atoms with van der Waals surface area (Å²) in [5.41, 5.74) is 2.13. The summed E-state index contributed by atoms with van der Waals surface area (Å²) in [5.74, 6) is 1.06. The van der Waals surface area contributed by atoms with E-state index in [2.05, 4.69) is 10.1 Å². The third-order valence-electron chi connectivity index (χ3n) is 6.02. The molecule has 1 saturated heterocycles. The van der Waals surface area contributed by atoms with Crippen LogP contribution in [0, 0.1) is 19.7 Å². The molecule has 34 heavy (non-hydrogen) atoms. The molecule has 0 spiro atoms. The first-order valence-electron chi connectivity index (χ1n) is 10.9. The lowest BCUT2D eigenvalue weighted by molar-refractivity contribution is -0.143. The van der Waals surface area contributed by atoms with E-state index in [4.69, 9.17) is 14.3 Å². The third-order valence-corrected chi connectivity index (χ3v) is 6.02. The summed E-state index contributed by atoms with van der Waals surface area (Å²) in [6.45, 7) is 3.96. The van der Waals surface area contributed by atoms with Crippen molar-refractivity contribution in [3.8, 4) is 11.4 Å². The van der Waals surface area contributed by atoms with E-state index in [0.29, 0.717) is 30.5 Å². The largest absolute Gasteiger partial charge is 0.495 e. The maximum absolute atomic E-state index is 14.9. The molecule has 1 aromatic heterocycles. The molecule has 3 heterocycles. The Kier molecular flexibility index (Phi) is 5.49. The predicted molar refractivity (Wildman–Crippen MR) is 124 cm³/mol. The van der Waals surface area contributed by atoms with Gasteiger partial charge >= 0.3 is 0 Å². The standard InChI is InChI=1S/C25H25FN4O4/c1-16-4-6-19(20(26)10-16)25(14-31)30-8-9-33-23(24(30)28-34-25)12-18-5-7-21(22(11-18)32-3)29-13-17(2)27-15-29/h4-7,10-13,15,31H,8-9,14H2,1-3H3/b23-12-. The number of methoxy groups -OCH3 is 1. The molecule has 176 valence electrons. The number of oxime groups is 1. The molecule has 5 rings (SSSR count). The van der Waals surface area contributed by atoms with Crippen LogP contribution in [-0.2, 0) is 15.3 Å². The van der Waals surface area contributed by atoms with Crippen LogP contribution in [-0.4, -0.2) is 52.3 Å². The number of aromatic nitrogens is 2. The first kappa shape index (κ1) is 22.0. The Balaban J connectivity index is 1.49. The topological polar surface area (TPSA) is 81.3 Å². The van der Waals surface area contributed by atoms with Crippen LogP contribution >= 0.6 is 0 Å². The van der Waals surface area contributed by atoms with Crippen LogP contribution in [0.2, 0.25) is 0 Å². The second kappa shape index (κ2) is 8.49. The van der Waals surface area contributed by atoms with Crippen molar-refractivity contribution in [1.82, 2.24) is 14.5 Å². The van der Waals surface area contributed by atoms with E-state index in [1.54, 1.807) is 37.4 Å². The zero-order valence-corrected chi connectivity index (χ0v) is 19.2. The lowest BCUT2D eigenvalue weighted by Gasteiger charge is -2.38. The first-order valence-corrected chi connectivity index (χ1v) is 10.9. The highest BCUT2D eigenvalue weighted by Gasteiger charge is 2.51. The van der Waals surface area contributed by atoms with E-state index >= 15 is 0 Å². The van der Waals surface area contributed by atoms with Crippen molar-refractivity contribution in [3.63, 3.8) is 0 Å². The van der Waals surface area contributed by atoms with E-state index in [9.17, 15) is 9.50 Å². The molecule has 0 amide bonds. The van der Waals surface area contributed by atoms with E-state index in [1.165, 1.54) is 6.07 Å². The Labute approximate surface area is 196 Å².